The van der Waals surface area contributed by atoms with Crippen molar-refractivity contribution in [3.63, 3.8) is 0 Å². The van der Waals surface area contributed by atoms with Crippen LogP contribution in [0.15, 0.2) is 12.2 Å². The van der Waals surface area contributed by atoms with E-state index in [2.05, 4.69) is 32.3 Å². The van der Waals surface area contributed by atoms with Crippen molar-refractivity contribution in [2.24, 2.45) is 0 Å². The van der Waals surface area contributed by atoms with E-state index in [-0.39, 0.29) is 0 Å². The summed E-state index contributed by atoms with van der Waals surface area (Å²) in [5, 5.41) is 0. The first-order valence-electron chi connectivity index (χ1n) is 5.13. The molecule has 1 nitrogen and oxygen atoms in total. The van der Waals surface area contributed by atoms with Crippen molar-refractivity contribution in [3.05, 3.63) is 12.2 Å². The van der Waals surface area contributed by atoms with E-state index in [4.69, 9.17) is 0 Å². The number of hydrogen-bond acceptors (Lipinski definition) is 1. The lowest BCUT2D eigenvalue weighted by Crippen LogP contribution is -2.27. The minimum atomic E-state index is 1.10. The molecule has 0 atom stereocenters. The molecule has 0 amide bonds. The molecule has 0 saturated heterocycles. The Hall–Kier alpha value is -0.300. The monoisotopic (exact) mass is 169 g/mol. The van der Waals surface area contributed by atoms with Crippen LogP contribution in [0, 0.1) is 0 Å². The van der Waals surface area contributed by atoms with Crippen LogP contribution in [0.25, 0.3) is 0 Å². The van der Waals surface area contributed by atoms with Crippen molar-refractivity contribution in [1.29, 1.82) is 0 Å². The highest BCUT2D eigenvalue weighted by molar-refractivity contribution is 4.95. The Morgan fingerprint density at radius 3 is 1.92 bits per heavy atom. The Labute approximate surface area is 77.5 Å². The van der Waals surface area contributed by atoms with Gasteiger partial charge in [-0.2, -0.15) is 0 Å². The highest BCUT2D eigenvalue weighted by atomic mass is 15.1. The predicted molar refractivity (Wildman–Crippen MR) is 56.5 cm³/mol. The molecular formula is C11H23N. The van der Waals surface area contributed by atoms with Crippen molar-refractivity contribution in [2.45, 2.75) is 40.0 Å². The molecule has 72 valence electrons. The smallest absolute Gasteiger partial charge is 0.0190 e. The van der Waals surface area contributed by atoms with Gasteiger partial charge in [0.05, 0.1) is 0 Å². The molecule has 1 heteroatoms. The third kappa shape index (κ3) is 5.36. The minimum Gasteiger partial charge on any atom is -0.299 e. The summed E-state index contributed by atoms with van der Waals surface area (Å²) in [4.78, 5) is 2.49. The van der Waals surface area contributed by atoms with E-state index < -0.39 is 0 Å². The number of rotatable bonds is 7. The third-order valence-corrected chi connectivity index (χ3v) is 2.03. The van der Waals surface area contributed by atoms with Gasteiger partial charge in [-0.15, -0.1) is 0 Å². The van der Waals surface area contributed by atoms with E-state index in [9.17, 15) is 0 Å². The van der Waals surface area contributed by atoms with Crippen LogP contribution in [0.5, 0.6) is 0 Å². The molecule has 0 aromatic rings. The van der Waals surface area contributed by atoms with Gasteiger partial charge in [0.1, 0.15) is 0 Å². The van der Waals surface area contributed by atoms with Crippen molar-refractivity contribution >= 4 is 0 Å². The molecule has 0 rings (SSSR count). The molecule has 0 aliphatic heterocycles. The fourth-order valence-electron chi connectivity index (χ4n) is 1.33. The molecule has 0 heterocycles. The molecule has 0 fully saturated rings. The molecule has 0 bridgehead atoms. The molecule has 0 unspecified atom stereocenters. The van der Waals surface area contributed by atoms with Crippen LogP contribution in [-0.2, 0) is 0 Å². The Morgan fingerprint density at radius 1 is 1.08 bits per heavy atom. The lowest BCUT2D eigenvalue weighted by Gasteiger charge is -2.21. The van der Waals surface area contributed by atoms with Gasteiger partial charge in [-0.1, -0.05) is 32.9 Å². The standard InChI is InChI=1S/C11H23N/c1-5-8-12(9-6-2)10-11(4)7-3/h4-10H2,1-3H3. The van der Waals surface area contributed by atoms with E-state index in [0.717, 1.165) is 13.0 Å². The summed E-state index contributed by atoms with van der Waals surface area (Å²) >= 11 is 0. The quantitative estimate of drug-likeness (QED) is 0.529. The molecule has 0 radical (unpaired) electrons. The maximum Gasteiger partial charge on any atom is 0.0190 e. The first kappa shape index (κ1) is 11.7. The summed E-state index contributed by atoms with van der Waals surface area (Å²) < 4.78 is 0. The SMILES string of the molecule is C=C(CC)CN(CCC)CCC. The van der Waals surface area contributed by atoms with Gasteiger partial charge in [0.25, 0.3) is 0 Å². The Kier molecular flexibility index (Phi) is 7.17. The average molecular weight is 169 g/mol. The number of nitrogens with zero attached hydrogens (tertiary/aromatic N) is 1. The maximum absolute atomic E-state index is 4.04. The summed E-state index contributed by atoms with van der Waals surface area (Å²) in [7, 11) is 0. The van der Waals surface area contributed by atoms with Crippen LogP contribution in [0.3, 0.4) is 0 Å². The second kappa shape index (κ2) is 7.35. The normalized spacial score (nSPS) is 10.7. The molecular weight excluding hydrogens is 146 g/mol. The van der Waals surface area contributed by atoms with Gasteiger partial charge in [0, 0.05) is 6.54 Å². The molecule has 0 aromatic heterocycles. The fraction of sp³-hybridized carbons (Fsp3) is 0.818. The Balaban J connectivity index is 3.68. The van der Waals surface area contributed by atoms with Crippen molar-refractivity contribution in [3.8, 4) is 0 Å². The Bertz CT molecular complexity index is 112. The molecule has 0 spiro atoms. The molecule has 0 N–H and O–H groups in total. The van der Waals surface area contributed by atoms with Gasteiger partial charge in [-0.25, -0.2) is 0 Å². The topological polar surface area (TPSA) is 3.24 Å². The zero-order valence-corrected chi connectivity index (χ0v) is 8.90. The van der Waals surface area contributed by atoms with Gasteiger partial charge >= 0.3 is 0 Å². The van der Waals surface area contributed by atoms with Gasteiger partial charge < -0.3 is 0 Å². The largest absolute Gasteiger partial charge is 0.299 e. The Morgan fingerprint density at radius 2 is 1.58 bits per heavy atom. The van der Waals surface area contributed by atoms with Crippen LogP contribution >= 0.6 is 0 Å². The van der Waals surface area contributed by atoms with E-state index in [1.165, 1.54) is 31.5 Å². The van der Waals surface area contributed by atoms with E-state index >= 15 is 0 Å². The van der Waals surface area contributed by atoms with Crippen LogP contribution < -0.4 is 0 Å². The minimum absolute atomic E-state index is 1.10. The van der Waals surface area contributed by atoms with Crippen molar-refractivity contribution in [1.82, 2.24) is 4.90 Å². The second-order valence-corrected chi connectivity index (χ2v) is 3.38. The van der Waals surface area contributed by atoms with Crippen LogP contribution in [-0.4, -0.2) is 24.5 Å². The zero-order chi connectivity index (χ0) is 9.40. The fourth-order valence-corrected chi connectivity index (χ4v) is 1.33. The maximum atomic E-state index is 4.04. The van der Waals surface area contributed by atoms with Gasteiger partial charge in [-0.3, -0.25) is 4.90 Å². The first-order valence-corrected chi connectivity index (χ1v) is 5.13. The molecule has 0 aliphatic rings. The summed E-state index contributed by atoms with van der Waals surface area (Å²) in [6.07, 6.45) is 3.61. The summed E-state index contributed by atoms with van der Waals surface area (Å²) in [6.45, 7) is 14.2. The van der Waals surface area contributed by atoms with Gasteiger partial charge in [0.15, 0.2) is 0 Å². The zero-order valence-electron chi connectivity index (χ0n) is 8.90. The highest BCUT2D eigenvalue weighted by Crippen LogP contribution is 2.02. The summed E-state index contributed by atoms with van der Waals surface area (Å²) in [6, 6.07) is 0. The van der Waals surface area contributed by atoms with Crippen LogP contribution in [0.1, 0.15) is 40.0 Å². The molecule has 12 heavy (non-hydrogen) atoms. The van der Waals surface area contributed by atoms with Gasteiger partial charge in [-0.05, 0) is 32.4 Å². The molecule has 0 aromatic carbocycles. The van der Waals surface area contributed by atoms with Crippen molar-refractivity contribution in [2.75, 3.05) is 19.6 Å². The van der Waals surface area contributed by atoms with Crippen LogP contribution in [0.4, 0.5) is 0 Å². The lowest BCUT2D eigenvalue weighted by molar-refractivity contribution is 0.295. The highest BCUT2D eigenvalue weighted by Gasteiger charge is 2.02. The van der Waals surface area contributed by atoms with Crippen LogP contribution in [0.2, 0.25) is 0 Å². The third-order valence-electron chi connectivity index (χ3n) is 2.03. The predicted octanol–water partition coefficient (Wildman–Crippen LogP) is 3.07. The van der Waals surface area contributed by atoms with Crippen molar-refractivity contribution < 1.29 is 0 Å². The van der Waals surface area contributed by atoms with Gasteiger partial charge in [0.2, 0.25) is 0 Å². The average Bonchev–Trinajstić information content (AvgIpc) is 2.05. The lowest BCUT2D eigenvalue weighted by atomic mass is 10.2. The van der Waals surface area contributed by atoms with E-state index in [1.807, 2.05) is 0 Å². The molecule has 0 saturated carbocycles. The molecule has 0 aliphatic carbocycles. The second-order valence-electron chi connectivity index (χ2n) is 3.38. The summed E-state index contributed by atoms with van der Waals surface area (Å²) in [5.74, 6) is 0. The van der Waals surface area contributed by atoms with E-state index in [1.54, 1.807) is 0 Å². The van der Waals surface area contributed by atoms with E-state index in [0.29, 0.717) is 0 Å². The number of hydrogen-bond donors (Lipinski definition) is 0. The first-order chi connectivity index (χ1) is 5.74. The summed E-state index contributed by atoms with van der Waals surface area (Å²) in [5.41, 5.74) is 1.36.